The van der Waals surface area contributed by atoms with Crippen molar-refractivity contribution in [2.24, 2.45) is 0 Å². The number of benzene rings is 2. The van der Waals surface area contributed by atoms with Crippen molar-refractivity contribution >= 4 is 40.8 Å². The van der Waals surface area contributed by atoms with Gasteiger partial charge < -0.3 is 19.9 Å². The molecule has 0 saturated heterocycles. The number of halogens is 1. The summed E-state index contributed by atoms with van der Waals surface area (Å²) in [5, 5.41) is 12.5. The number of aromatic carboxylic acids is 1. The zero-order chi connectivity index (χ0) is 22.2. The number of hydrogen-bond donors (Lipinski definition) is 2. The third-order valence-electron chi connectivity index (χ3n) is 4.68. The molecule has 2 aromatic carbocycles. The first kappa shape index (κ1) is 21.4. The lowest BCUT2D eigenvalue weighted by Crippen LogP contribution is -2.54. The fraction of sp³-hybridized carbons (Fsp3) is 0.286. The Balaban J connectivity index is 1.93. The fourth-order valence-corrected chi connectivity index (χ4v) is 3.27. The summed E-state index contributed by atoms with van der Waals surface area (Å²) in [6, 6.07) is 7.42. The maximum atomic E-state index is 12.9. The van der Waals surface area contributed by atoms with Gasteiger partial charge in [-0.15, -0.1) is 0 Å². The highest BCUT2D eigenvalue weighted by molar-refractivity contribution is 6.31. The van der Waals surface area contributed by atoms with Gasteiger partial charge in [0, 0.05) is 11.1 Å². The minimum Gasteiger partial charge on any atom is -0.495 e. The first-order valence-electron chi connectivity index (χ1n) is 9.06. The second-order valence-electron chi connectivity index (χ2n) is 7.34. The van der Waals surface area contributed by atoms with Crippen LogP contribution in [0.25, 0.3) is 0 Å². The number of carbonyl (C=O) groups excluding carboxylic acids is 2. The molecule has 0 aliphatic carbocycles. The molecule has 1 aliphatic rings. The van der Waals surface area contributed by atoms with E-state index >= 15 is 0 Å². The van der Waals surface area contributed by atoms with E-state index in [0.717, 1.165) is 5.56 Å². The summed E-state index contributed by atoms with van der Waals surface area (Å²) in [6.45, 7) is 4.61. The number of nitrogens with zero attached hydrogens (tertiary/aromatic N) is 1. The van der Waals surface area contributed by atoms with Gasteiger partial charge in [-0.1, -0.05) is 11.6 Å². The largest absolute Gasteiger partial charge is 0.495 e. The van der Waals surface area contributed by atoms with Gasteiger partial charge in [0.05, 0.1) is 24.0 Å². The van der Waals surface area contributed by atoms with Crippen molar-refractivity contribution in [3.63, 3.8) is 0 Å². The van der Waals surface area contributed by atoms with Crippen LogP contribution in [0.3, 0.4) is 0 Å². The van der Waals surface area contributed by atoms with Crippen LogP contribution in [0.4, 0.5) is 11.4 Å². The van der Waals surface area contributed by atoms with E-state index < -0.39 is 23.4 Å². The number of methoxy groups -OCH3 is 1. The zero-order valence-electron chi connectivity index (χ0n) is 16.9. The smallest absolute Gasteiger partial charge is 0.335 e. The van der Waals surface area contributed by atoms with Crippen LogP contribution in [0.5, 0.6) is 11.5 Å². The van der Waals surface area contributed by atoms with Gasteiger partial charge in [-0.25, -0.2) is 4.79 Å². The van der Waals surface area contributed by atoms with Crippen molar-refractivity contribution in [3.8, 4) is 11.5 Å². The Hall–Kier alpha value is -3.26. The predicted octanol–water partition coefficient (Wildman–Crippen LogP) is 3.50. The van der Waals surface area contributed by atoms with Crippen molar-refractivity contribution in [3.05, 3.63) is 46.5 Å². The van der Waals surface area contributed by atoms with E-state index in [9.17, 15) is 19.5 Å². The molecule has 158 valence electrons. The molecule has 0 unspecified atom stereocenters. The van der Waals surface area contributed by atoms with E-state index in [0.29, 0.717) is 22.2 Å². The lowest BCUT2D eigenvalue weighted by molar-refractivity contribution is -0.133. The predicted molar refractivity (Wildman–Crippen MR) is 112 cm³/mol. The zero-order valence-corrected chi connectivity index (χ0v) is 17.7. The highest BCUT2D eigenvalue weighted by Crippen LogP contribution is 2.38. The number of hydrogen-bond acceptors (Lipinski definition) is 5. The summed E-state index contributed by atoms with van der Waals surface area (Å²) >= 11 is 6.10. The molecule has 30 heavy (non-hydrogen) atoms. The molecule has 0 atom stereocenters. The summed E-state index contributed by atoms with van der Waals surface area (Å²) in [6.07, 6.45) is 0. The molecule has 0 aromatic heterocycles. The van der Waals surface area contributed by atoms with Crippen LogP contribution in [0.1, 0.15) is 29.8 Å². The van der Waals surface area contributed by atoms with E-state index in [4.69, 9.17) is 21.1 Å². The second-order valence-corrected chi connectivity index (χ2v) is 7.75. The Bertz CT molecular complexity index is 1050. The summed E-state index contributed by atoms with van der Waals surface area (Å²) < 4.78 is 11.0. The number of amides is 2. The molecule has 1 heterocycles. The van der Waals surface area contributed by atoms with Crippen molar-refractivity contribution in [1.82, 2.24) is 0 Å². The first-order chi connectivity index (χ1) is 14.0. The van der Waals surface area contributed by atoms with Gasteiger partial charge in [-0.3, -0.25) is 14.5 Å². The molecule has 2 N–H and O–H groups in total. The molecular formula is C21H21ClN2O6. The second kappa shape index (κ2) is 7.87. The normalized spacial score (nSPS) is 14.6. The highest BCUT2D eigenvalue weighted by atomic mass is 35.5. The maximum absolute atomic E-state index is 12.9. The number of nitrogens with one attached hydrogen (secondary N) is 1. The minimum atomic E-state index is -1.22. The van der Waals surface area contributed by atoms with Gasteiger partial charge in [0.1, 0.15) is 18.0 Å². The molecule has 0 radical (unpaired) electrons. The van der Waals surface area contributed by atoms with E-state index in [1.807, 2.05) is 0 Å². The van der Waals surface area contributed by atoms with Crippen LogP contribution in [0.2, 0.25) is 5.02 Å². The number of ether oxygens (including phenoxy) is 2. The monoisotopic (exact) mass is 432 g/mol. The Labute approximate surface area is 178 Å². The molecular weight excluding hydrogens is 412 g/mol. The van der Waals surface area contributed by atoms with Crippen molar-refractivity contribution in [1.29, 1.82) is 0 Å². The van der Waals surface area contributed by atoms with Gasteiger partial charge in [-0.05, 0) is 50.6 Å². The van der Waals surface area contributed by atoms with E-state index in [1.165, 1.54) is 30.2 Å². The molecule has 2 amide bonds. The number of carbonyl (C=O) groups is 3. The minimum absolute atomic E-state index is 0.0229. The van der Waals surface area contributed by atoms with Gasteiger partial charge in [0.25, 0.3) is 5.91 Å². The number of anilines is 2. The number of rotatable bonds is 5. The average molecular weight is 433 g/mol. The van der Waals surface area contributed by atoms with Crippen molar-refractivity contribution < 1.29 is 29.0 Å². The molecule has 3 rings (SSSR count). The van der Waals surface area contributed by atoms with Crippen LogP contribution >= 0.6 is 11.6 Å². The molecule has 1 aliphatic heterocycles. The number of fused-ring (bicyclic) bond motifs is 1. The van der Waals surface area contributed by atoms with Crippen molar-refractivity contribution in [2.45, 2.75) is 26.4 Å². The molecule has 2 aromatic rings. The fourth-order valence-electron chi connectivity index (χ4n) is 3.12. The topological polar surface area (TPSA) is 105 Å². The quantitative estimate of drug-likeness (QED) is 0.749. The van der Waals surface area contributed by atoms with Crippen molar-refractivity contribution in [2.75, 3.05) is 23.9 Å². The maximum Gasteiger partial charge on any atom is 0.335 e. The van der Waals surface area contributed by atoms with Crippen LogP contribution in [0.15, 0.2) is 30.3 Å². The summed E-state index contributed by atoms with van der Waals surface area (Å²) in [5.41, 5.74) is 0.127. The van der Waals surface area contributed by atoms with E-state index in [2.05, 4.69) is 5.32 Å². The third kappa shape index (κ3) is 4.04. The summed E-state index contributed by atoms with van der Waals surface area (Å²) in [5.74, 6) is -1.42. The van der Waals surface area contributed by atoms with Gasteiger partial charge in [0.2, 0.25) is 5.91 Å². The van der Waals surface area contributed by atoms with E-state index in [1.54, 1.807) is 32.9 Å². The Morgan fingerprint density at radius 3 is 2.60 bits per heavy atom. The number of carboxylic acids is 1. The summed E-state index contributed by atoms with van der Waals surface area (Å²) in [7, 11) is 1.45. The summed E-state index contributed by atoms with van der Waals surface area (Å²) in [4.78, 5) is 38.3. The standard InChI is InChI=1S/C21H21ClN2O6/c1-11-7-14(17(29-4)9-13(11)22)23-18(25)10-24-15-8-12(19(26)27)5-6-16(15)30-21(2,3)20(24)28/h5-9H,10H2,1-4H3,(H,23,25)(H,26,27). The third-order valence-corrected chi connectivity index (χ3v) is 5.09. The van der Waals surface area contributed by atoms with Crippen LogP contribution < -0.4 is 19.7 Å². The van der Waals surface area contributed by atoms with Gasteiger partial charge >= 0.3 is 5.97 Å². The Morgan fingerprint density at radius 2 is 1.97 bits per heavy atom. The van der Waals surface area contributed by atoms with Crippen LogP contribution in [-0.2, 0) is 9.59 Å². The van der Waals surface area contributed by atoms with Crippen LogP contribution in [-0.4, -0.2) is 42.1 Å². The number of aryl methyl sites for hydroxylation is 1. The highest BCUT2D eigenvalue weighted by Gasteiger charge is 2.42. The molecule has 0 spiro atoms. The Morgan fingerprint density at radius 1 is 1.27 bits per heavy atom. The first-order valence-corrected chi connectivity index (χ1v) is 9.43. The molecule has 0 bridgehead atoms. The molecule has 9 heteroatoms. The van der Waals surface area contributed by atoms with Gasteiger partial charge in [0.15, 0.2) is 5.60 Å². The average Bonchev–Trinajstić information content (AvgIpc) is 2.67. The lowest BCUT2D eigenvalue weighted by atomic mass is 10.0. The number of carboxylic acid groups (broad SMARTS) is 1. The molecule has 0 fully saturated rings. The lowest BCUT2D eigenvalue weighted by Gasteiger charge is -2.38. The Kier molecular flexibility index (Phi) is 5.63. The van der Waals surface area contributed by atoms with Crippen LogP contribution in [0, 0.1) is 6.92 Å². The van der Waals surface area contributed by atoms with E-state index in [-0.39, 0.29) is 17.8 Å². The molecule has 0 saturated carbocycles. The molecule has 8 nitrogen and oxygen atoms in total. The van der Waals surface area contributed by atoms with Gasteiger partial charge in [-0.2, -0.15) is 0 Å². The SMILES string of the molecule is COc1cc(Cl)c(C)cc1NC(=O)CN1C(=O)C(C)(C)Oc2ccc(C(=O)O)cc21.